The van der Waals surface area contributed by atoms with E-state index in [1.54, 1.807) is 25.1 Å². The number of carbonyl (C=O) groups is 2. The first-order valence-corrected chi connectivity index (χ1v) is 9.37. The topological polar surface area (TPSA) is 52.7 Å². The second-order valence-corrected chi connectivity index (χ2v) is 7.07. The normalized spacial score (nSPS) is 15.7. The van der Waals surface area contributed by atoms with Gasteiger partial charge in [0.15, 0.2) is 0 Å². The second kappa shape index (κ2) is 9.90. The van der Waals surface area contributed by atoms with Crippen molar-refractivity contribution in [3.05, 3.63) is 46.0 Å². The molecule has 10 heteroatoms. The van der Waals surface area contributed by atoms with E-state index in [2.05, 4.69) is 17.2 Å². The molecule has 0 aromatic heterocycles. The molecule has 1 aromatic carbocycles. The Morgan fingerprint density at radius 2 is 1.76 bits per heavy atom. The number of rotatable bonds is 2. The van der Waals surface area contributed by atoms with Gasteiger partial charge in [0, 0.05) is 43.9 Å². The first-order valence-electron chi connectivity index (χ1n) is 8.62. The summed E-state index contributed by atoms with van der Waals surface area (Å²) in [6, 6.07) is 4.14. The van der Waals surface area contributed by atoms with Crippen LogP contribution >= 0.6 is 23.2 Å². The quantitative estimate of drug-likeness (QED) is 0.554. The molecule has 1 heterocycles. The summed E-state index contributed by atoms with van der Waals surface area (Å²) in [6.07, 6.45) is -4.13. The van der Waals surface area contributed by atoms with Gasteiger partial charge in [-0.25, -0.2) is 4.79 Å². The molecule has 0 bridgehead atoms. The number of halogens is 5. The van der Waals surface area contributed by atoms with Gasteiger partial charge in [-0.05, 0) is 25.1 Å². The lowest BCUT2D eigenvalue weighted by Crippen LogP contribution is -2.54. The van der Waals surface area contributed by atoms with E-state index in [0.717, 1.165) is 0 Å². The van der Waals surface area contributed by atoms with Crippen molar-refractivity contribution in [2.24, 2.45) is 0 Å². The van der Waals surface area contributed by atoms with Crippen LogP contribution in [-0.2, 0) is 4.79 Å². The fraction of sp³-hybridized carbons (Fsp3) is 0.368. The summed E-state index contributed by atoms with van der Waals surface area (Å²) in [5.74, 6) is 5.04. The van der Waals surface area contributed by atoms with Gasteiger partial charge in [-0.1, -0.05) is 35.0 Å². The van der Waals surface area contributed by atoms with Crippen molar-refractivity contribution >= 4 is 35.1 Å². The van der Waals surface area contributed by atoms with E-state index in [9.17, 15) is 22.8 Å². The number of urea groups is 1. The van der Waals surface area contributed by atoms with Crippen LogP contribution in [0.15, 0.2) is 30.4 Å². The van der Waals surface area contributed by atoms with E-state index in [0.29, 0.717) is 21.7 Å². The number of allylic oxidation sites excluding steroid dienone is 1. The van der Waals surface area contributed by atoms with E-state index in [-0.39, 0.29) is 38.3 Å². The van der Waals surface area contributed by atoms with Gasteiger partial charge in [-0.3, -0.25) is 4.79 Å². The monoisotopic (exact) mass is 447 g/mol. The number of hydrogen-bond donors (Lipinski definition) is 1. The largest absolute Gasteiger partial charge is 0.409 e. The first kappa shape index (κ1) is 22.9. The van der Waals surface area contributed by atoms with Crippen molar-refractivity contribution in [3.63, 3.8) is 0 Å². The number of nitrogens with one attached hydrogen (secondary N) is 1. The van der Waals surface area contributed by atoms with Gasteiger partial charge in [0.25, 0.3) is 0 Å². The average Bonchev–Trinajstić information content (AvgIpc) is 2.66. The third-order valence-electron chi connectivity index (χ3n) is 3.99. The zero-order chi connectivity index (χ0) is 21.6. The lowest BCUT2D eigenvalue weighted by molar-refractivity contribution is -0.128. The summed E-state index contributed by atoms with van der Waals surface area (Å²) in [6.45, 7) is 2.44. The Labute approximate surface area is 176 Å². The van der Waals surface area contributed by atoms with E-state index >= 15 is 0 Å². The van der Waals surface area contributed by atoms with Crippen LogP contribution in [0.1, 0.15) is 12.5 Å². The fourth-order valence-corrected chi connectivity index (χ4v) is 2.78. The first-order chi connectivity index (χ1) is 13.5. The molecule has 156 valence electrons. The fourth-order valence-electron chi connectivity index (χ4n) is 2.48. The molecule has 0 spiro atoms. The minimum absolute atomic E-state index is 0.0946. The molecule has 0 saturated carbocycles. The molecule has 1 saturated heterocycles. The highest BCUT2D eigenvalue weighted by atomic mass is 35.5. The number of hydrogen-bond acceptors (Lipinski definition) is 2. The van der Waals surface area contributed by atoms with E-state index in [1.807, 2.05) is 0 Å². The minimum Gasteiger partial charge on any atom is -0.336 e. The molecule has 2 rings (SSSR count). The number of benzene rings is 1. The molecule has 1 unspecified atom stereocenters. The standard InChI is InChI=1S/C19H18Cl2F3N3O2/c1-13(2-3-14-4-5-15(20)16(21)12-14)25-18(29)27-10-8-26(9-11-27)17(28)6-7-19(22,23)24/h4-7,12-13H,8-11H2,1H3,(H,25,29). The molecule has 29 heavy (non-hydrogen) atoms. The Morgan fingerprint density at radius 3 is 2.34 bits per heavy atom. The van der Waals surface area contributed by atoms with Crippen LogP contribution in [0.3, 0.4) is 0 Å². The molecule has 1 N–H and O–H groups in total. The molecule has 1 aromatic rings. The number of amides is 3. The van der Waals surface area contributed by atoms with Gasteiger partial charge in [0.1, 0.15) is 0 Å². The number of alkyl halides is 3. The maximum atomic E-state index is 12.3. The van der Waals surface area contributed by atoms with Gasteiger partial charge in [-0.2, -0.15) is 13.2 Å². The smallest absolute Gasteiger partial charge is 0.336 e. The highest BCUT2D eigenvalue weighted by Gasteiger charge is 2.26. The highest BCUT2D eigenvalue weighted by molar-refractivity contribution is 6.42. The maximum Gasteiger partial charge on any atom is 0.409 e. The SMILES string of the molecule is CC(C#Cc1ccc(Cl)c(Cl)c1)NC(=O)N1CCN(C(=O)C=CC(F)(F)F)CC1. The van der Waals surface area contributed by atoms with Crippen molar-refractivity contribution in [3.8, 4) is 11.8 Å². The molecule has 5 nitrogen and oxygen atoms in total. The third-order valence-corrected chi connectivity index (χ3v) is 4.73. The Bertz CT molecular complexity index is 854. The summed E-state index contributed by atoms with van der Waals surface area (Å²) in [7, 11) is 0. The number of carbonyl (C=O) groups excluding carboxylic acids is 2. The highest BCUT2D eigenvalue weighted by Crippen LogP contribution is 2.22. The van der Waals surface area contributed by atoms with Gasteiger partial charge in [0.2, 0.25) is 5.91 Å². The van der Waals surface area contributed by atoms with E-state index in [1.165, 1.54) is 9.80 Å². The van der Waals surface area contributed by atoms with E-state index < -0.39 is 18.1 Å². The van der Waals surface area contributed by atoms with Crippen LogP contribution in [0.4, 0.5) is 18.0 Å². The van der Waals surface area contributed by atoms with Crippen LogP contribution in [0.5, 0.6) is 0 Å². The predicted octanol–water partition coefficient (Wildman–Crippen LogP) is 3.71. The average molecular weight is 448 g/mol. The zero-order valence-electron chi connectivity index (χ0n) is 15.4. The predicted molar refractivity (Wildman–Crippen MR) is 105 cm³/mol. The van der Waals surface area contributed by atoms with Crippen molar-refractivity contribution < 1.29 is 22.8 Å². The summed E-state index contributed by atoms with van der Waals surface area (Å²) in [4.78, 5) is 26.8. The number of piperazine rings is 1. The zero-order valence-corrected chi connectivity index (χ0v) is 16.9. The summed E-state index contributed by atoms with van der Waals surface area (Å²) in [5, 5.41) is 3.53. The molecular formula is C19H18Cl2F3N3O2. The molecule has 1 aliphatic rings. The molecule has 1 fully saturated rings. The number of nitrogens with zero attached hydrogens (tertiary/aromatic N) is 2. The third kappa shape index (κ3) is 7.52. The van der Waals surface area contributed by atoms with Crippen LogP contribution in [0.25, 0.3) is 0 Å². The van der Waals surface area contributed by atoms with Crippen molar-refractivity contribution in [1.82, 2.24) is 15.1 Å². The van der Waals surface area contributed by atoms with Crippen LogP contribution in [0, 0.1) is 11.8 Å². The van der Waals surface area contributed by atoms with E-state index in [4.69, 9.17) is 23.2 Å². The molecule has 0 aliphatic carbocycles. The Kier molecular flexibility index (Phi) is 7.82. The Balaban J connectivity index is 1.83. The van der Waals surface area contributed by atoms with Crippen molar-refractivity contribution in [1.29, 1.82) is 0 Å². The summed E-state index contributed by atoms with van der Waals surface area (Å²) >= 11 is 11.8. The van der Waals surface area contributed by atoms with Gasteiger partial charge in [0.05, 0.1) is 16.1 Å². The summed E-state index contributed by atoms with van der Waals surface area (Å²) in [5.41, 5.74) is 0.652. The lowest BCUT2D eigenvalue weighted by Gasteiger charge is -2.34. The Morgan fingerprint density at radius 1 is 1.14 bits per heavy atom. The van der Waals surface area contributed by atoms with Crippen molar-refractivity contribution in [2.75, 3.05) is 26.2 Å². The molecule has 3 amide bonds. The van der Waals surface area contributed by atoms with Gasteiger partial charge >= 0.3 is 12.2 Å². The summed E-state index contributed by atoms with van der Waals surface area (Å²) < 4.78 is 36.4. The molecule has 1 aliphatic heterocycles. The van der Waals surface area contributed by atoms with Gasteiger partial charge < -0.3 is 15.1 Å². The Hall–Kier alpha value is -2.37. The maximum absolute atomic E-state index is 12.3. The minimum atomic E-state index is -4.54. The second-order valence-electron chi connectivity index (χ2n) is 6.26. The van der Waals surface area contributed by atoms with Crippen LogP contribution in [0.2, 0.25) is 10.0 Å². The van der Waals surface area contributed by atoms with Gasteiger partial charge in [-0.15, -0.1) is 0 Å². The lowest BCUT2D eigenvalue weighted by atomic mass is 10.2. The van der Waals surface area contributed by atoms with Crippen LogP contribution in [-0.4, -0.2) is 60.1 Å². The molecule has 0 radical (unpaired) electrons. The van der Waals surface area contributed by atoms with Crippen molar-refractivity contribution in [2.45, 2.75) is 19.1 Å². The molecule has 1 atom stereocenters. The van der Waals surface area contributed by atoms with Crippen LogP contribution < -0.4 is 5.32 Å². The molecular weight excluding hydrogens is 430 g/mol.